The van der Waals surface area contributed by atoms with Crippen LogP contribution in [0.1, 0.15) is 57.1 Å². The summed E-state index contributed by atoms with van der Waals surface area (Å²) in [6, 6.07) is 8.85. The second kappa shape index (κ2) is 6.45. The van der Waals surface area contributed by atoms with E-state index in [0.29, 0.717) is 6.04 Å². The van der Waals surface area contributed by atoms with E-state index in [-0.39, 0.29) is 0 Å². The summed E-state index contributed by atoms with van der Waals surface area (Å²) in [5, 5.41) is 4.99. The Kier molecular flexibility index (Phi) is 4.41. The van der Waals surface area contributed by atoms with E-state index in [4.69, 9.17) is 4.42 Å². The van der Waals surface area contributed by atoms with Gasteiger partial charge in [0.25, 0.3) is 0 Å². The Morgan fingerprint density at radius 2 is 1.90 bits per heavy atom. The molecule has 2 nitrogen and oxygen atoms in total. The molecule has 3 rings (SSSR count). The molecule has 2 heteroatoms. The molecule has 1 heterocycles. The minimum Gasteiger partial charge on any atom is -0.464 e. The zero-order chi connectivity index (χ0) is 13.8. The van der Waals surface area contributed by atoms with Gasteiger partial charge in [0.2, 0.25) is 0 Å². The summed E-state index contributed by atoms with van der Waals surface area (Å²) in [5.74, 6) is 0.749. The van der Waals surface area contributed by atoms with Gasteiger partial charge in [-0.1, -0.05) is 50.8 Å². The number of benzene rings is 1. The molecule has 0 spiro atoms. The zero-order valence-electron chi connectivity index (χ0n) is 12.4. The lowest BCUT2D eigenvalue weighted by Gasteiger charge is -2.26. The molecule has 1 atom stereocenters. The van der Waals surface area contributed by atoms with Gasteiger partial charge in [-0.25, -0.2) is 0 Å². The molecular formula is C18H25NO. The molecule has 1 unspecified atom stereocenters. The molecule has 1 aliphatic carbocycles. The van der Waals surface area contributed by atoms with E-state index in [1.165, 1.54) is 49.5 Å². The van der Waals surface area contributed by atoms with Gasteiger partial charge in [0.15, 0.2) is 0 Å². The van der Waals surface area contributed by atoms with Gasteiger partial charge in [0.1, 0.15) is 5.58 Å². The highest BCUT2D eigenvalue weighted by molar-refractivity contribution is 5.81. The van der Waals surface area contributed by atoms with Gasteiger partial charge in [-0.3, -0.25) is 0 Å². The van der Waals surface area contributed by atoms with Crippen molar-refractivity contribution in [2.75, 3.05) is 6.54 Å². The molecule has 0 bridgehead atoms. The maximum atomic E-state index is 5.76. The summed E-state index contributed by atoms with van der Waals surface area (Å²) < 4.78 is 5.76. The van der Waals surface area contributed by atoms with Crippen LogP contribution in [0, 0.1) is 5.92 Å². The summed E-state index contributed by atoms with van der Waals surface area (Å²) in [4.78, 5) is 0. The molecule has 1 fully saturated rings. The first-order chi connectivity index (χ1) is 9.90. The lowest BCUT2D eigenvalue weighted by molar-refractivity contribution is 0.329. The second-order valence-corrected chi connectivity index (χ2v) is 5.97. The lowest BCUT2D eigenvalue weighted by Crippen LogP contribution is -2.28. The summed E-state index contributed by atoms with van der Waals surface area (Å²) in [6.07, 6.45) is 10.2. The molecule has 20 heavy (non-hydrogen) atoms. The van der Waals surface area contributed by atoms with Gasteiger partial charge in [0.05, 0.1) is 6.26 Å². The van der Waals surface area contributed by atoms with Gasteiger partial charge in [-0.15, -0.1) is 0 Å². The van der Waals surface area contributed by atoms with E-state index in [2.05, 4.69) is 30.4 Å². The van der Waals surface area contributed by atoms with E-state index >= 15 is 0 Å². The van der Waals surface area contributed by atoms with Crippen LogP contribution in [0.25, 0.3) is 11.0 Å². The predicted octanol–water partition coefficient (Wildman–Crippen LogP) is 5.05. The van der Waals surface area contributed by atoms with E-state index < -0.39 is 0 Å². The van der Waals surface area contributed by atoms with Crippen LogP contribution in [-0.4, -0.2) is 6.54 Å². The van der Waals surface area contributed by atoms with Crippen LogP contribution in [0.2, 0.25) is 0 Å². The molecule has 1 aliphatic rings. The van der Waals surface area contributed by atoms with Crippen molar-refractivity contribution in [1.82, 2.24) is 5.32 Å². The number of fused-ring (bicyclic) bond motifs is 1. The van der Waals surface area contributed by atoms with Crippen molar-refractivity contribution >= 4 is 11.0 Å². The molecule has 1 aromatic carbocycles. The van der Waals surface area contributed by atoms with E-state index in [0.717, 1.165) is 18.0 Å². The normalized spacial score (nSPS) is 19.1. The van der Waals surface area contributed by atoms with Crippen LogP contribution in [0.4, 0.5) is 0 Å². The van der Waals surface area contributed by atoms with E-state index in [9.17, 15) is 0 Å². The Balaban J connectivity index is 1.92. The van der Waals surface area contributed by atoms with Crippen LogP contribution in [-0.2, 0) is 0 Å². The topological polar surface area (TPSA) is 25.2 Å². The average Bonchev–Trinajstić information content (AvgIpc) is 2.71. The molecule has 0 aliphatic heterocycles. The Morgan fingerprint density at radius 3 is 2.65 bits per heavy atom. The standard InChI is InChI=1S/C18H25NO/c1-2-19-18(14-9-5-3-4-6-10-14)16-13-20-17-12-8-7-11-15(16)17/h7-8,11-14,18-19H,2-6,9-10H2,1H3. The molecule has 1 N–H and O–H groups in total. The SMILES string of the molecule is CCNC(c1coc2ccccc12)C1CCCCCC1. The fourth-order valence-electron chi connectivity index (χ4n) is 3.63. The first-order valence-electron chi connectivity index (χ1n) is 8.09. The quantitative estimate of drug-likeness (QED) is 0.787. The second-order valence-electron chi connectivity index (χ2n) is 5.97. The number of hydrogen-bond acceptors (Lipinski definition) is 2. The fourth-order valence-corrected chi connectivity index (χ4v) is 3.63. The smallest absolute Gasteiger partial charge is 0.134 e. The summed E-state index contributed by atoms with van der Waals surface area (Å²) >= 11 is 0. The summed E-state index contributed by atoms with van der Waals surface area (Å²) in [6.45, 7) is 3.21. The zero-order valence-corrected chi connectivity index (χ0v) is 12.4. The molecule has 1 aromatic heterocycles. The molecule has 108 valence electrons. The highest BCUT2D eigenvalue weighted by atomic mass is 16.3. The molecular weight excluding hydrogens is 246 g/mol. The highest BCUT2D eigenvalue weighted by Crippen LogP contribution is 2.37. The van der Waals surface area contributed by atoms with Crippen molar-refractivity contribution in [3.63, 3.8) is 0 Å². The third-order valence-electron chi connectivity index (χ3n) is 4.64. The summed E-state index contributed by atoms with van der Waals surface area (Å²) in [5.41, 5.74) is 2.37. The number of nitrogens with one attached hydrogen (secondary N) is 1. The number of para-hydroxylation sites is 1. The highest BCUT2D eigenvalue weighted by Gasteiger charge is 2.26. The maximum absolute atomic E-state index is 5.76. The molecule has 2 aromatic rings. The molecule has 1 saturated carbocycles. The molecule has 0 radical (unpaired) electrons. The number of rotatable bonds is 4. The van der Waals surface area contributed by atoms with Gasteiger partial charge < -0.3 is 9.73 Å². The van der Waals surface area contributed by atoms with Crippen LogP contribution in [0.3, 0.4) is 0 Å². The van der Waals surface area contributed by atoms with E-state index in [1.54, 1.807) is 0 Å². The Morgan fingerprint density at radius 1 is 1.15 bits per heavy atom. The Bertz CT molecular complexity index is 537. The van der Waals surface area contributed by atoms with Crippen LogP contribution in [0.5, 0.6) is 0 Å². The van der Waals surface area contributed by atoms with Crippen molar-refractivity contribution in [3.05, 3.63) is 36.1 Å². The minimum absolute atomic E-state index is 0.446. The first-order valence-corrected chi connectivity index (χ1v) is 8.09. The Hall–Kier alpha value is -1.28. The predicted molar refractivity (Wildman–Crippen MR) is 83.8 cm³/mol. The van der Waals surface area contributed by atoms with Crippen LogP contribution in [0.15, 0.2) is 34.9 Å². The van der Waals surface area contributed by atoms with Gasteiger partial charge >= 0.3 is 0 Å². The van der Waals surface area contributed by atoms with Gasteiger partial charge in [-0.2, -0.15) is 0 Å². The third-order valence-corrected chi connectivity index (χ3v) is 4.64. The van der Waals surface area contributed by atoms with Gasteiger partial charge in [0, 0.05) is 17.0 Å². The van der Waals surface area contributed by atoms with Crippen molar-refractivity contribution in [1.29, 1.82) is 0 Å². The van der Waals surface area contributed by atoms with Crippen molar-refractivity contribution < 1.29 is 4.42 Å². The maximum Gasteiger partial charge on any atom is 0.134 e. The number of hydrogen-bond donors (Lipinski definition) is 1. The molecule has 0 amide bonds. The third kappa shape index (κ3) is 2.76. The number of furan rings is 1. The average molecular weight is 271 g/mol. The minimum atomic E-state index is 0.446. The fraction of sp³-hybridized carbons (Fsp3) is 0.556. The Labute approximate surface area is 121 Å². The van der Waals surface area contributed by atoms with Crippen LogP contribution < -0.4 is 5.32 Å². The van der Waals surface area contributed by atoms with E-state index in [1.807, 2.05) is 12.3 Å². The first kappa shape index (κ1) is 13.7. The lowest BCUT2D eigenvalue weighted by atomic mass is 9.87. The monoisotopic (exact) mass is 271 g/mol. The largest absolute Gasteiger partial charge is 0.464 e. The molecule has 0 saturated heterocycles. The van der Waals surface area contributed by atoms with Crippen molar-refractivity contribution in [3.8, 4) is 0 Å². The van der Waals surface area contributed by atoms with Gasteiger partial charge in [-0.05, 0) is 31.4 Å². The van der Waals surface area contributed by atoms with Crippen LogP contribution >= 0.6 is 0 Å². The summed E-state index contributed by atoms with van der Waals surface area (Å²) in [7, 11) is 0. The van der Waals surface area contributed by atoms with Crippen molar-refractivity contribution in [2.45, 2.75) is 51.5 Å². The van der Waals surface area contributed by atoms with Crippen molar-refractivity contribution in [2.24, 2.45) is 5.92 Å².